The van der Waals surface area contributed by atoms with Crippen LogP contribution >= 0.6 is 0 Å². The summed E-state index contributed by atoms with van der Waals surface area (Å²) in [5, 5.41) is 0. The van der Waals surface area contributed by atoms with Gasteiger partial charge in [0, 0.05) is 31.0 Å². The van der Waals surface area contributed by atoms with Crippen molar-refractivity contribution in [2.45, 2.75) is 39.2 Å². The van der Waals surface area contributed by atoms with E-state index in [0.717, 1.165) is 31.8 Å². The van der Waals surface area contributed by atoms with Gasteiger partial charge < -0.3 is 15.2 Å². The van der Waals surface area contributed by atoms with Crippen molar-refractivity contribution in [3.8, 4) is 0 Å². The molecule has 110 valence electrons. The highest BCUT2D eigenvalue weighted by atomic mass is 16.2. The molecule has 0 aliphatic carbocycles. The van der Waals surface area contributed by atoms with Crippen LogP contribution in [0.5, 0.6) is 0 Å². The summed E-state index contributed by atoms with van der Waals surface area (Å²) in [4.78, 5) is 25.7. The molecule has 0 unspecified atom stereocenters. The van der Waals surface area contributed by atoms with Crippen LogP contribution in [0.25, 0.3) is 0 Å². The summed E-state index contributed by atoms with van der Waals surface area (Å²) in [6.45, 7) is 3.90. The van der Waals surface area contributed by atoms with Crippen LogP contribution in [-0.2, 0) is 11.3 Å². The molecule has 20 heavy (non-hydrogen) atoms. The highest BCUT2D eigenvalue weighted by Gasteiger charge is 2.22. The van der Waals surface area contributed by atoms with Gasteiger partial charge in [-0.2, -0.15) is 0 Å². The Kier molecular flexibility index (Phi) is 4.82. The molecule has 1 aliphatic heterocycles. The van der Waals surface area contributed by atoms with Crippen LogP contribution in [0.15, 0.2) is 23.1 Å². The second-order valence-corrected chi connectivity index (χ2v) is 5.54. The molecule has 5 heteroatoms. The molecule has 1 fully saturated rings. The zero-order valence-electron chi connectivity index (χ0n) is 12.0. The fourth-order valence-corrected chi connectivity index (χ4v) is 2.80. The summed E-state index contributed by atoms with van der Waals surface area (Å²) >= 11 is 0. The summed E-state index contributed by atoms with van der Waals surface area (Å²) in [7, 11) is 0. The van der Waals surface area contributed by atoms with E-state index in [1.54, 1.807) is 6.07 Å². The van der Waals surface area contributed by atoms with Crippen molar-refractivity contribution in [2.24, 2.45) is 5.92 Å². The highest BCUT2D eigenvalue weighted by molar-refractivity contribution is 5.76. The zero-order valence-corrected chi connectivity index (χ0v) is 12.0. The smallest absolute Gasteiger partial charge is 0.251 e. The number of nitrogens with two attached hydrogens (primary N) is 1. The van der Waals surface area contributed by atoms with Crippen molar-refractivity contribution in [3.63, 3.8) is 0 Å². The van der Waals surface area contributed by atoms with Gasteiger partial charge in [-0.25, -0.2) is 0 Å². The highest BCUT2D eigenvalue weighted by Crippen LogP contribution is 2.21. The van der Waals surface area contributed by atoms with Crippen LogP contribution in [0.3, 0.4) is 0 Å². The van der Waals surface area contributed by atoms with Crippen molar-refractivity contribution in [2.75, 3.05) is 18.8 Å². The number of nitrogens with zero attached hydrogens (tertiary/aromatic N) is 2. The van der Waals surface area contributed by atoms with E-state index in [9.17, 15) is 9.59 Å². The predicted octanol–water partition coefficient (Wildman–Crippen LogP) is 1.47. The van der Waals surface area contributed by atoms with Gasteiger partial charge in [0.15, 0.2) is 0 Å². The van der Waals surface area contributed by atoms with E-state index < -0.39 is 0 Å². The van der Waals surface area contributed by atoms with E-state index in [2.05, 4.69) is 6.92 Å². The number of hydrogen-bond acceptors (Lipinski definition) is 3. The van der Waals surface area contributed by atoms with E-state index in [4.69, 9.17) is 5.73 Å². The van der Waals surface area contributed by atoms with Gasteiger partial charge in [-0.1, -0.05) is 19.8 Å². The lowest BCUT2D eigenvalue weighted by molar-refractivity contribution is -0.133. The second kappa shape index (κ2) is 6.59. The second-order valence-electron chi connectivity index (χ2n) is 5.54. The van der Waals surface area contributed by atoms with E-state index in [-0.39, 0.29) is 18.0 Å². The first-order valence-corrected chi connectivity index (χ1v) is 7.34. The summed E-state index contributed by atoms with van der Waals surface area (Å²) in [5.41, 5.74) is 5.96. The average Bonchev–Trinajstić information content (AvgIpc) is 2.44. The van der Waals surface area contributed by atoms with Crippen molar-refractivity contribution < 1.29 is 4.79 Å². The van der Waals surface area contributed by atoms with Gasteiger partial charge in [0.05, 0.1) is 0 Å². The van der Waals surface area contributed by atoms with Gasteiger partial charge in [-0.3, -0.25) is 9.59 Å². The van der Waals surface area contributed by atoms with Gasteiger partial charge in [0.1, 0.15) is 6.54 Å². The molecule has 0 saturated carbocycles. The lowest BCUT2D eigenvalue weighted by Gasteiger charge is -2.32. The lowest BCUT2D eigenvalue weighted by atomic mass is 9.92. The first-order chi connectivity index (χ1) is 9.60. The van der Waals surface area contributed by atoms with Gasteiger partial charge in [-0.05, 0) is 24.8 Å². The minimum atomic E-state index is -0.187. The molecule has 0 aromatic carbocycles. The van der Waals surface area contributed by atoms with Crippen LogP contribution in [-0.4, -0.2) is 28.5 Å². The standard InChI is InChI=1S/C15H23N3O2/c1-2-3-12-6-8-17(9-7-12)15(20)11-18-10-13(16)4-5-14(18)19/h4-5,10,12H,2-3,6-9,11,16H2,1H3. The number of piperidine rings is 1. The minimum absolute atomic E-state index is 0.00708. The fourth-order valence-electron chi connectivity index (χ4n) is 2.80. The number of carbonyl (C=O) groups is 1. The molecule has 5 nitrogen and oxygen atoms in total. The van der Waals surface area contributed by atoms with E-state index in [1.807, 2.05) is 4.90 Å². The molecular weight excluding hydrogens is 254 g/mol. The Morgan fingerprint density at radius 1 is 1.35 bits per heavy atom. The number of rotatable bonds is 4. The van der Waals surface area contributed by atoms with Crippen molar-refractivity contribution in [1.29, 1.82) is 0 Å². The maximum Gasteiger partial charge on any atom is 0.251 e. The Labute approximate surface area is 119 Å². The normalized spacial score (nSPS) is 16.4. The third-order valence-electron chi connectivity index (χ3n) is 3.98. The van der Waals surface area contributed by atoms with Gasteiger partial charge >= 0.3 is 0 Å². The SMILES string of the molecule is CCCC1CCN(C(=O)Cn2cc(N)ccc2=O)CC1. The third-order valence-corrected chi connectivity index (χ3v) is 3.98. The number of anilines is 1. The molecule has 1 aromatic rings. The summed E-state index contributed by atoms with van der Waals surface area (Å²) in [5.74, 6) is 0.756. The molecule has 0 bridgehead atoms. The Morgan fingerprint density at radius 3 is 2.70 bits per heavy atom. The van der Waals surface area contributed by atoms with E-state index >= 15 is 0 Å². The molecule has 2 N–H and O–H groups in total. The maximum atomic E-state index is 12.2. The van der Waals surface area contributed by atoms with Crippen molar-refractivity contribution in [3.05, 3.63) is 28.7 Å². The maximum absolute atomic E-state index is 12.2. The fraction of sp³-hybridized carbons (Fsp3) is 0.600. The number of likely N-dealkylation sites (tertiary alicyclic amines) is 1. The summed E-state index contributed by atoms with van der Waals surface area (Å²) in [6.07, 6.45) is 6.13. The number of nitrogen functional groups attached to an aromatic ring is 1. The molecular formula is C15H23N3O2. The molecule has 1 aliphatic rings. The Hall–Kier alpha value is -1.78. The number of amides is 1. The number of pyridine rings is 1. The third kappa shape index (κ3) is 3.62. The monoisotopic (exact) mass is 277 g/mol. The van der Waals surface area contributed by atoms with E-state index in [1.165, 1.54) is 29.7 Å². The van der Waals surface area contributed by atoms with Crippen molar-refractivity contribution in [1.82, 2.24) is 9.47 Å². The molecule has 1 saturated heterocycles. The quantitative estimate of drug-likeness (QED) is 0.906. The zero-order chi connectivity index (χ0) is 14.5. The number of aromatic nitrogens is 1. The van der Waals surface area contributed by atoms with Crippen molar-refractivity contribution >= 4 is 11.6 Å². The number of carbonyl (C=O) groups excluding carboxylic acids is 1. The van der Waals surface area contributed by atoms with Crippen LogP contribution in [0.2, 0.25) is 0 Å². The molecule has 2 heterocycles. The van der Waals surface area contributed by atoms with Crippen LogP contribution < -0.4 is 11.3 Å². The minimum Gasteiger partial charge on any atom is -0.398 e. The summed E-state index contributed by atoms with van der Waals surface area (Å²) < 4.78 is 1.38. The molecule has 2 rings (SSSR count). The first kappa shape index (κ1) is 14.6. The molecule has 0 atom stereocenters. The van der Waals surface area contributed by atoms with Crippen LogP contribution in [0, 0.1) is 5.92 Å². The first-order valence-electron chi connectivity index (χ1n) is 7.34. The predicted molar refractivity (Wildman–Crippen MR) is 79.3 cm³/mol. The van der Waals surface area contributed by atoms with Crippen LogP contribution in [0.1, 0.15) is 32.6 Å². The molecule has 0 radical (unpaired) electrons. The van der Waals surface area contributed by atoms with Gasteiger partial charge in [-0.15, -0.1) is 0 Å². The average molecular weight is 277 g/mol. The molecule has 0 spiro atoms. The van der Waals surface area contributed by atoms with Gasteiger partial charge in [0.2, 0.25) is 5.91 Å². The van der Waals surface area contributed by atoms with Gasteiger partial charge in [0.25, 0.3) is 5.56 Å². The lowest BCUT2D eigenvalue weighted by Crippen LogP contribution is -2.41. The largest absolute Gasteiger partial charge is 0.398 e. The molecule has 1 aromatic heterocycles. The Morgan fingerprint density at radius 2 is 2.05 bits per heavy atom. The number of hydrogen-bond donors (Lipinski definition) is 1. The van der Waals surface area contributed by atoms with Crippen LogP contribution in [0.4, 0.5) is 5.69 Å². The van der Waals surface area contributed by atoms with E-state index in [0.29, 0.717) is 5.69 Å². The summed E-state index contributed by atoms with van der Waals surface area (Å²) in [6, 6.07) is 2.95. The Balaban J connectivity index is 1.93. The topological polar surface area (TPSA) is 68.3 Å². The molecule has 1 amide bonds. The Bertz CT molecular complexity index is 516.